The molecule has 3 aromatic heterocycles. The largest absolute Gasteiger partial charge is 0.437 e. The molecule has 0 spiro atoms. The Hall–Kier alpha value is -3.11. The number of hydrogen-bond acceptors (Lipinski definition) is 6. The lowest BCUT2D eigenvalue weighted by atomic mass is 10.1. The quantitative estimate of drug-likeness (QED) is 0.218. The summed E-state index contributed by atoms with van der Waals surface area (Å²) in [6, 6.07) is 9.33. The van der Waals surface area contributed by atoms with Gasteiger partial charge in [0.1, 0.15) is 11.4 Å². The van der Waals surface area contributed by atoms with Crippen molar-refractivity contribution in [1.29, 1.82) is 0 Å². The van der Waals surface area contributed by atoms with Gasteiger partial charge in [-0.2, -0.15) is 0 Å². The fraction of sp³-hybridized carbons (Fsp3) is 0.200. The molecule has 0 aliphatic carbocycles. The summed E-state index contributed by atoms with van der Waals surface area (Å²) in [7, 11) is 0. The van der Waals surface area contributed by atoms with Crippen LogP contribution < -0.4 is 15.4 Å². The Bertz CT molecular complexity index is 1430. The highest BCUT2D eigenvalue weighted by Gasteiger charge is 2.24. The third-order valence-electron chi connectivity index (χ3n) is 5.21. The number of ether oxygens (including phenoxy) is 1. The Morgan fingerprint density at radius 3 is 2.65 bits per heavy atom. The second-order valence-electron chi connectivity index (χ2n) is 8.08. The number of hydrogen-bond donors (Lipinski definition) is 2. The van der Waals surface area contributed by atoms with Crippen LogP contribution in [0.15, 0.2) is 53.4 Å². The summed E-state index contributed by atoms with van der Waals surface area (Å²) >= 11 is 20.4. The fourth-order valence-electron chi connectivity index (χ4n) is 3.56. The number of pyridine rings is 1. The molecule has 2 amide bonds. The number of nitrogens with one attached hydrogen (secondary N) is 2. The first-order valence-corrected chi connectivity index (χ1v) is 13.4. The summed E-state index contributed by atoms with van der Waals surface area (Å²) in [5.41, 5.74) is 0.297. The van der Waals surface area contributed by atoms with E-state index in [1.54, 1.807) is 23.6 Å². The van der Waals surface area contributed by atoms with Crippen molar-refractivity contribution in [3.63, 3.8) is 0 Å². The van der Waals surface area contributed by atoms with Crippen molar-refractivity contribution in [2.24, 2.45) is 0 Å². The average molecular weight is 579 g/mol. The summed E-state index contributed by atoms with van der Waals surface area (Å²) in [4.78, 5) is 30.9. The number of thiophene rings is 1. The lowest BCUT2D eigenvalue weighted by molar-refractivity contribution is 0.0939. The molecule has 8 nitrogen and oxygen atoms in total. The van der Waals surface area contributed by atoms with Gasteiger partial charge in [0.15, 0.2) is 5.82 Å². The Labute approximate surface area is 232 Å². The van der Waals surface area contributed by atoms with E-state index in [9.17, 15) is 9.59 Å². The molecule has 12 heteroatoms. The minimum Gasteiger partial charge on any atom is -0.437 e. The molecule has 0 fully saturated rings. The summed E-state index contributed by atoms with van der Waals surface area (Å²) in [6.45, 7) is 3.92. The number of halogens is 3. The molecule has 4 aromatic rings. The van der Waals surface area contributed by atoms with Gasteiger partial charge >= 0.3 is 0 Å². The molecule has 0 saturated carbocycles. The van der Waals surface area contributed by atoms with Crippen LogP contribution in [-0.4, -0.2) is 32.6 Å². The van der Waals surface area contributed by atoms with E-state index < -0.39 is 11.8 Å². The van der Waals surface area contributed by atoms with E-state index in [2.05, 4.69) is 20.7 Å². The number of carbonyl (C=O) groups is 2. The third kappa shape index (κ3) is 6.42. The third-order valence-corrected chi connectivity index (χ3v) is 6.69. The number of amides is 2. The van der Waals surface area contributed by atoms with Crippen LogP contribution in [0.3, 0.4) is 0 Å². The van der Waals surface area contributed by atoms with E-state index in [-0.39, 0.29) is 49.8 Å². The molecular formula is C25H22Cl3N5O3S. The predicted molar refractivity (Wildman–Crippen MR) is 147 cm³/mol. The minimum atomic E-state index is -0.616. The lowest BCUT2D eigenvalue weighted by Gasteiger charge is -2.17. The van der Waals surface area contributed by atoms with Crippen LogP contribution in [0.5, 0.6) is 11.6 Å². The topological polar surface area (TPSA) is 98.1 Å². The highest BCUT2D eigenvalue weighted by Crippen LogP contribution is 2.32. The molecule has 4 rings (SSSR count). The molecule has 3 heterocycles. The first-order chi connectivity index (χ1) is 17.8. The first-order valence-electron chi connectivity index (χ1n) is 11.3. The molecule has 0 aliphatic rings. The van der Waals surface area contributed by atoms with E-state index in [4.69, 9.17) is 39.5 Å². The van der Waals surface area contributed by atoms with Crippen LogP contribution in [0.1, 0.15) is 47.5 Å². The predicted octanol–water partition coefficient (Wildman–Crippen LogP) is 7.25. The highest BCUT2D eigenvalue weighted by molar-refractivity contribution is 7.08. The normalized spacial score (nSPS) is 11.7. The molecule has 192 valence electrons. The molecule has 0 aliphatic heterocycles. The molecule has 1 atom stereocenters. The van der Waals surface area contributed by atoms with Gasteiger partial charge in [-0.1, -0.05) is 48.1 Å². The van der Waals surface area contributed by atoms with Gasteiger partial charge in [0, 0.05) is 28.7 Å². The molecule has 1 aromatic carbocycles. The highest BCUT2D eigenvalue weighted by atomic mass is 35.5. The molecule has 37 heavy (non-hydrogen) atoms. The maximum Gasteiger partial charge on any atom is 0.274 e. The zero-order chi connectivity index (χ0) is 26.5. The van der Waals surface area contributed by atoms with Gasteiger partial charge in [0.2, 0.25) is 5.88 Å². The van der Waals surface area contributed by atoms with Gasteiger partial charge < -0.3 is 15.4 Å². The second kappa shape index (κ2) is 12.0. The number of benzene rings is 1. The standard InChI is InChI=1S/C25H22Cl3N5O3S/c1-3-5-14(2)30-24(34)17-10-15(26)11-19(28)22(17)31-25(35)20-12-21(36-16-7-9-37-13-16)32-33(20)23-18(27)6-4-8-29-23/h4,6-14H,3,5H2,1-2H3,(H,30,34)(H,31,35). The fourth-order valence-corrected chi connectivity index (χ4v) is 4.85. The van der Waals surface area contributed by atoms with Gasteiger partial charge in [0.05, 0.1) is 21.3 Å². The molecule has 0 bridgehead atoms. The Kier molecular flexibility index (Phi) is 8.71. The summed E-state index contributed by atoms with van der Waals surface area (Å²) in [5.74, 6) is -0.0887. The number of rotatable bonds is 9. The van der Waals surface area contributed by atoms with Crippen molar-refractivity contribution in [3.8, 4) is 17.4 Å². The van der Waals surface area contributed by atoms with Crippen molar-refractivity contribution in [2.75, 3.05) is 5.32 Å². The van der Waals surface area contributed by atoms with Crippen molar-refractivity contribution < 1.29 is 14.3 Å². The monoisotopic (exact) mass is 577 g/mol. The zero-order valence-corrected chi connectivity index (χ0v) is 22.9. The maximum absolute atomic E-state index is 13.6. The van der Waals surface area contributed by atoms with Crippen LogP contribution in [0.2, 0.25) is 15.1 Å². The van der Waals surface area contributed by atoms with Crippen LogP contribution >= 0.6 is 46.1 Å². The van der Waals surface area contributed by atoms with E-state index >= 15 is 0 Å². The number of anilines is 1. The molecule has 0 radical (unpaired) electrons. The molecule has 1 unspecified atom stereocenters. The van der Waals surface area contributed by atoms with Crippen LogP contribution in [0, 0.1) is 0 Å². The number of carbonyl (C=O) groups excluding carboxylic acids is 2. The Balaban J connectivity index is 1.71. The zero-order valence-electron chi connectivity index (χ0n) is 19.8. The van der Waals surface area contributed by atoms with Crippen LogP contribution in [0.4, 0.5) is 5.69 Å². The van der Waals surface area contributed by atoms with Gasteiger partial charge in [-0.3, -0.25) is 9.59 Å². The minimum absolute atomic E-state index is 0.0579. The van der Waals surface area contributed by atoms with Gasteiger partial charge in [0.25, 0.3) is 11.8 Å². The van der Waals surface area contributed by atoms with Crippen LogP contribution in [-0.2, 0) is 0 Å². The first kappa shape index (κ1) is 26.9. The molecule has 2 N–H and O–H groups in total. The molecular weight excluding hydrogens is 557 g/mol. The van der Waals surface area contributed by atoms with E-state index in [1.807, 2.05) is 19.2 Å². The number of aromatic nitrogens is 3. The summed E-state index contributed by atoms with van der Waals surface area (Å²) < 4.78 is 7.06. The lowest BCUT2D eigenvalue weighted by Crippen LogP contribution is -2.33. The van der Waals surface area contributed by atoms with Gasteiger partial charge in [-0.05, 0) is 49.1 Å². The van der Waals surface area contributed by atoms with Gasteiger partial charge in [-0.25, -0.2) is 9.67 Å². The summed E-state index contributed by atoms with van der Waals surface area (Å²) in [5, 5.41) is 14.3. The smallest absolute Gasteiger partial charge is 0.274 e. The number of nitrogens with zero attached hydrogens (tertiary/aromatic N) is 3. The Morgan fingerprint density at radius 1 is 1.14 bits per heavy atom. The van der Waals surface area contributed by atoms with E-state index in [0.717, 1.165) is 12.8 Å². The SMILES string of the molecule is CCCC(C)NC(=O)c1cc(Cl)cc(Cl)c1NC(=O)c1cc(Oc2ccsc2)nn1-c1ncccc1Cl. The van der Waals surface area contributed by atoms with Crippen molar-refractivity contribution in [3.05, 3.63) is 79.7 Å². The molecule has 0 saturated heterocycles. The van der Waals surface area contributed by atoms with Crippen LogP contribution in [0.25, 0.3) is 5.82 Å². The van der Waals surface area contributed by atoms with Crippen molar-refractivity contribution >= 4 is 63.6 Å². The maximum atomic E-state index is 13.6. The average Bonchev–Trinajstić information content (AvgIpc) is 3.51. The second-order valence-corrected chi connectivity index (χ2v) is 10.1. The van der Waals surface area contributed by atoms with Crippen molar-refractivity contribution in [2.45, 2.75) is 32.7 Å². The van der Waals surface area contributed by atoms with Crippen molar-refractivity contribution in [1.82, 2.24) is 20.1 Å². The summed E-state index contributed by atoms with van der Waals surface area (Å²) in [6.07, 6.45) is 3.22. The van der Waals surface area contributed by atoms with E-state index in [0.29, 0.717) is 5.75 Å². The Morgan fingerprint density at radius 2 is 1.95 bits per heavy atom. The van der Waals surface area contributed by atoms with E-state index in [1.165, 1.54) is 40.4 Å². The van der Waals surface area contributed by atoms with Gasteiger partial charge in [-0.15, -0.1) is 16.4 Å².